The van der Waals surface area contributed by atoms with Gasteiger partial charge in [-0.1, -0.05) is 44.2 Å². The minimum absolute atomic E-state index is 0.0170. The largest absolute Gasteiger partial charge is 0.497 e. The van der Waals surface area contributed by atoms with Crippen LogP contribution in [-0.2, 0) is 31.4 Å². The van der Waals surface area contributed by atoms with Crippen molar-refractivity contribution in [2.75, 3.05) is 12.9 Å². The Labute approximate surface area is 219 Å². The Morgan fingerprint density at radius 2 is 1.76 bits per heavy atom. The molecule has 11 heteroatoms. The number of nitrogens with one attached hydrogen (secondary N) is 2. The molecule has 2 rings (SSSR count). The zero-order valence-electron chi connectivity index (χ0n) is 20.9. The van der Waals surface area contributed by atoms with Gasteiger partial charge >= 0.3 is 5.97 Å². The highest BCUT2D eigenvalue weighted by Crippen LogP contribution is 2.25. The molecule has 10 nitrogen and oxygen atoms in total. The number of hydrogen-bond acceptors (Lipinski definition) is 8. The summed E-state index contributed by atoms with van der Waals surface area (Å²) in [6, 6.07) is 11.7. The van der Waals surface area contributed by atoms with E-state index in [0.717, 1.165) is 5.56 Å². The summed E-state index contributed by atoms with van der Waals surface area (Å²) in [7, 11) is 1.45. The van der Waals surface area contributed by atoms with E-state index in [1.54, 1.807) is 19.9 Å². The summed E-state index contributed by atoms with van der Waals surface area (Å²) in [5.74, 6) is -2.23. The van der Waals surface area contributed by atoms with E-state index in [2.05, 4.69) is 15.8 Å². The van der Waals surface area contributed by atoms with E-state index in [4.69, 9.17) is 4.74 Å². The number of nitroso groups, excluding NO2 is 1. The first-order chi connectivity index (χ1) is 17.6. The van der Waals surface area contributed by atoms with E-state index in [-0.39, 0.29) is 23.8 Å². The average molecular weight is 530 g/mol. The van der Waals surface area contributed by atoms with Gasteiger partial charge in [0.1, 0.15) is 17.5 Å². The maximum atomic E-state index is 13.0. The number of carboxylic acid groups (broad SMARTS) is 1. The molecule has 0 aromatic heterocycles. The molecule has 2 atom stereocenters. The van der Waals surface area contributed by atoms with Crippen molar-refractivity contribution in [1.82, 2.24) is 10.6 Å². The highest BCUT2D eigenvalue weighted by atomic mass is 32.2. The first-order valence-electron chi connectivity index (χ1n) is 11.6. The topological polar surface area (TPSA) is 151 Å². The van der Waals surface area contributed by atoms with Crippen molar-refractivity contribution < 1.29 is 29.0 Å². The summed E-state index contributed by atoms with van der Waals surface area (Å²) in [6.45, 7) is 3.41. The van der Waals surface area contributed by atoms with Crippen molar-refractivity contribution in [1.29, 1.82) is 0 Å². The van der Waals surface area contributed by atoms with Gasteiger partial charge in [0.15, 0.2) is 5.78 Å². The molecule has 0 aliphatic heterocycles. The molecule has 0 aliphatic rings. The van der Waals surface area contributed by atoms with E-state index >= 15 is 0 Å². The lowest BCUT2D eigenvalue weighted by atomic mass is 10.0. The molecular formula is C26H31N3O7S. The number of amides is 2. The number of thioether (sulfide) groups is 1. The number of Topliss-reactive ketones (excluding diaryl/α,β-unsaturated/α-hetero) is 1. The minimum Gasteiger partial charge on any atom is -0.497 e. The lowest BCUT2D eigenvalue weighted by Crippen LogP contribution is -2.54. The Morgan fingerprint density at radius 1 is 1.05 bits per heavy atom. The Balaban J connectivity index is 2.05. The van der Waals surface area contributed by atoms with E-state index in [1.807, 2.05) is 30.3 Å². The number of carbonyl (C=O) groups is 4. The summed E-state index contributed by atoms with van der Waals surface area (Å²) in [4.78, 5) is 61.0. The first-order valence-corrected chi connectivity index (χ1v) is 12.8. The minimum atomic E-state index is -1.24. The number of ether oxygens (including phenoxy) is 1. The number of ketones is 1. The van der Waals surface area contributed by atoms with Gasteiger partial charge in [-0.05, 0) is 40.4 Å². The number of methoxy groups -OCH3 is 1. The van der Waals surface area contributed by atoms with Gasteiger partial charge in [0.05, 0.1) is 31.7 Å². The predicted octanol–water partition coefficient (Wildman–Crippen LogP) is 3.24. The van der Waals surface area contributed by atoms with Gasteiger partial charge < -0.3 is 20.5 Å². The Morgan fingerprint density at radius 3 is 2.35 bits per heavy atom. The molecule has 0 saturated heterocycles. The highest BCUT2D eigenvalue weighted by molar-refractivity contribution is 7.99. The number of carboxylic acids is 1. The van der Waals surface area contributed by atoms with Crippen molar-refractivity contribution in [3.05, 3.63) is 64.6 Å². The van der Waals surface area contributed by atoms with Gasteiger partial charge in [-0.2, -0.15) is 0 Å². The van der Waals surface area contributed by atoms with Crippen LogP contribution in [0.1, 0.15) is 31.4 Å². The molecular weight excluding hydrogens is 498 g/mol. The summed E-state index contributed by atoms with van der Waals surface area (Å²) < 4.78 is 5.12. The molecule has 2 unspecified atom stereocenters. The van der Waals surface area contributed by atoms with E-state index in [0.29, 0.717) is 17.1 Å². The summed E-state index contributed by atoms with van der Waals surface area (Å²) >= 11 is 1.32. The third kappa shape index (κ3) is 9.68. The van der Waals surface area contributed by atoms with Gasteiger partial charge in [-0.25, -0.2) is 0 Å². The van der Waals surface area contributed by atoms with Crippen molar-refractivity contribution in [2.24, 2.45) is 11.1 Å². The van der Waals surface area contributed by atoms with E-state index in [9.17, 15) is 29.2 Å². The highest BCUT2D eigenvalue weighted by Gasteiger charge is 2.30. The molecule has 0 radical (unpaired) electrons. The van der Waals surface area contributed by atoms with Crippen LogP contribution in [0.25, 0.3) is 0 Å². The van der Waals surface area contributed by atoms with Crippen LogP contribution in [-0.4, -0.2) is 53.6 Å². The first kappa shape index (κ1) is 29.5. The van der Waals surface area contributed by atoms with Gasteiger partial charge in [0, 0.05) is 5.75 Å². The second kappa shape index (κ2) is 14.7. The van der Waals surface area contributed by atoms with E-state index < -0.39 is 42.1 Å². The van der Waals surface area contributed by atoms with Gasteiger partial charge in [-0.15, -0.1) is 16.7 Å². The molecule has 0 spiro atoms. The SMILES string of the molecule is COc1ccc(N=O)c(CC(=O)NC(C(=O)NC(CC(=O)O)C(=O)CSCc2ccccc2)C(C)C)c1. The molecule has 2 amide bonds. The average Bonchev–Trinajstić information content (AvgIpc) is 2.86. The monoisotopic (exact) mass is 529 g/mol. The van der Waals surface area contributed by atoms with Crippen LogP contribution in [0.3, 0.4) is 0 Å². The molecule has 0 heterocycles. The van der Waals surface area contributed by atoms with Crippen molar-refractivity contribution in [3.8, 4) is 5.75 Å². The second-order valence-electron chi connectivity index (χ2n) is 8.66. The Bertz CT molecular complexity index is 1110. The Hall–Kier alpha value is -3.73. The van der Waals surface area contributed by atoms with Gasteiger partial charge in [0.25, 0.3) is 0 Å². The molecule has 0 fully saturated rings. The number of hydrogen-bond donors (Lipinski definition) is 3. The third-order valence-electron chi connectivity index (χ3n) is 5.44. The number of benzene rings is 2. The fraction of sp³-hybridized carbons (Fsp3) is 0.385. The zero-order valence-corrected chi connectivity index (χ0v) is 21.7. The summed E-state index contributed by atoms with van der Waals surface area (Å²) in [5.41, 5.74) is 1.41. The van der Waals surface area contributed by atoms with Crippen LogP contribution in [0.5, 0.6) is 5.75 Å². The van der Waals surface area contributed by atoms with Crippen LogP contribution in [0.2, 0.25) is 0 Å². The Kier molecular flexibility index (Phi) is 11.8. The van der Waals surface area contributed by atoms with Crippen LogP contribution < -0.4 is 15.4 Å². The maximum Gasteiger partial charge on any atom is 0.305 e. The maximum absolute atomic E-state index is 13.0. The fourth-order valence-electron chi connectivity index (χ4n) is 3.48. The normalized spacial score (nSPS) is 12.3. The van der Waals surface area contributed by atoms with Crippen LogP contribution >= 0.6 is 11.8 Å². The van der Waals surface area contributed by atoms with Crippen LogP contribution in [0.4, 0.5) is 5.69 Å². The smallest absolute Gasteiger partial charge is 0.305 e. The zero-order chi connectivity index (χ0) is 27.4. The fourth-order valence-corrected chi connectivity index (χ4v) is 4.41. The third-order valence-corrected chi connectivity index (χ3v) is 6.47. The quantitative estimate of drug-likeness (QED) is 0.298. The van der Waals surface area contributed by atoms with Crippen LogP contribution in [0, 0.1) is 10.8 Å². The van der Waals surface area contributed by atoms with E-state index in [1.165, 1.54) is 31.0 Å². The number of carbonyl (C=O) groups excluding carboxylic acids is 3. The van der Waals surface area contributed by atoms with Crippen molar-refractivity contribution in [2.45, 2.75) is 44.5 Å². The molecule has 2 aromatic carbocycles. The molecule has 37 heavy (non-hydrogen) atoms. The summed E-state index contributed by atoms with van der Waals surface area (Å²) in [5, 5.41) is 17.3. The molecule has 198 valence electrons. The molecule has 3 N–H and O–H groups in total. The second-order valence-corrected chi connectivity index (χ2v) is 9.64. The lowest BCUT2D eigenvalue weighted by Gasteiger charge is -2.24. The number of nitrogens with zero attached hydrogens (tertiary/aromatic N) is 1. The molecule has 2 aromatic rings. The molecule has 0 bridgehead atoms. The predicted molar refractivity (Wildman–Crippen MR) is 141 cm³/mol. The van der Waals surface area contributed by atoms with Crippen molar-refractivity contribution >= 4 is 41.0 Å². The van der Waals surface area contributed by atoms with Gasteiger partial charge in [0.2, 0.25) is 11.8 Å². The molecule has 0 aliphatic carbocycles. The van der Waals surface area contributed by atoms with Gasteiger partial charge in [-0.3, -0.25) is 19.2 Å². The summed E-state index contributed by atoms with van der Waals surface area (Å²) in [6.07, 6.45) is -0.810. The van der Waals surface area contributed by atoms with Crippen LogP contribution in [0.15, 0.2) is 53.7 Å². The number of rotatable bonds is 15. The molecule has 0 saturated carbocycles. The standard InChI is InChI=1S/C26H31N3O7S/c1-16(2)25(28-23(31)12-18-11-19(36-3)9-10-20(18)29-35)26(34)27-21(13-24(32)33)22(30)15-37-14-17-7-5-4-6-8-17/h4-11,16,21,25H,12-15H2,1-3H3,(H,27,34)(H,28,31)(H,32,33). The lowest BCUT2D eigenvalue weighted by molar-refractivity contribution is -0.140. The van der Waals surface area contributed by atoms with Crippen molar-refractivity contribution in [3.63, 3.8) is 0 Å². The number of aliphatic carboxylic acids is 1.